The summed E-state index contributed by atoms with van der Waals surface area (Å²) in [7, 11) is 3.65. The highest BCUT2D eigenvalue weighted by atomic mass is 16.5. The average Bonchev–Trinajstić information content (AvgIpc) is 2.69. The molecule has 0 aromatic heterocycles. The van der Waals surface area contributed by atoms with Crippen LogP contribution >= 0.6 is 0 Å². The highest BCUT2D eigenvalue weighted by Gasteiger charge is 2.19. The zero-order chi connectivity index (χ0) is 18.5. The lowest BCUT2D eigenvalue weighted by molar-refractivity contribution is 0.128. The molecule has 0 unspecified atom stereocenters. The van der Waals surface area contributed by atoms with Gasteiger partial charge in [-0.05, 0) is 58.2 Å². The van der Waals surface area contributed by atoms with Crippen LogP contribution in [0.2, 0.25) is 0 Å². The van der Waals surface area contributed by atoms with Gasteiger partial charge in [-0.15, -0.1) is 0 Å². The van der Waals surface area contributed by atoms with Crippen molar-refractivity contribution in [2.45, 2.75) is 57.4 Å². The third kappa shape index (κ3) is 8.69. The second-order valence-electron chi connectivity index (χ2n) is 7.72. The number of rotatable bonds is 10. The molecule has 0 aromatic carbocycles. The number of nitrogens with one attached hydrogen (secondary N) is 2. The fourth-order valence-electron chi connectivity index (χ4n) is 3.94. The molecule has 6 heteroatoms. The Morgan fingerprint density at radius 2 is 1.69 bits per heavy atom. The topological polar surface area (TPSA) is 52.1 Å². The van der Waals surface area contributed by atoms with Gasteiger partial charge in [0.15, 0.2) is 5.96 Å². The SMILES string of the molecule is CN=C(NCCCCCN1CCCCC1)NC1CCN(CCOC)CC1. The molecule has 6 nitrogen and oxygen atoms in total. The number of guanidine groups is 1. The van der Waals surface area contributed by atoms with Crippen LogP contribution in [0.25, 0.3) is 0 Å². The minimum Gasteiger partial charge on any atom is -0.383 e. The number of likely N-dealkylation sites (tertiary alicyclic amines) is 2. The van der Waals surface area contributed by atoms with Gasteiger partial charge in [0.05, 0.1) is 6.61 Å². The molecular formula is C20H41N5O. The van der Waals surface area contributed by atoms with Gasteiger partial charge in [-0.25, -0.2) is 0 Å². The van der Waals surface area contributed by atoms with Crippen LogP contribution in [0.3, 0.4) is 0 Å². The van der Waals surface area contributed by atoms with Gasteiger partial charge in [-0.1, -0.05) is 12.8 Å². The largest absolute Gasteiger partial charge is 0.383 e. The Balaban J connectivity index is 1.49. The monoisotopic (exact) mass is 367 g/mol. The highest BCUT2D eigenvalue weighted by Crippen LogP contribution is 2.11. The Labute approximate surface area is 160 Å². The van der Waals surface area contributed by atoms with Gasteiger partial charge in [-0.3, -0.25) is 4.99 Å². The van der Waals surface area contributed by atoms with E-state index in [0.717, 1.165) is 38.7 Å². The first-order chi connectivity index (χ1) is 12.8. The molecule has 2 heterocycles. The van der Waals surface area contributed by atoms with E-state index >= 15 is 0 Å². The number of methoxy groups -OCH3 is 1. The van der Waals surface area contributed by atoms with Crippen molar-refractivity contribution in [3.8, 4) is 0 Å². The van der Waals surface area contributed by atoms with E-state index in [0.29, 0.717) is 6.04 Å². The van der Waals surface area contributed by atoms with Crippen molar-refractivity contribution in [1.82, 2.24) is 20.4 Å². The summed E-state index contributed by atoms with van der Waals surface area (Å²) < 4.78 is 5.17. The zero-order valence-electron chi connectivity index (χ0n) is 17.1. The van der Waals surface area contributed by atoms with Crippen LogP contribution in [-0.4, -0.2) is 88.4 Å². The molecule has 26 heavy (non-hydrogen) atoms. The van der Waals surface area contributed by atoms with Crippen molar-refractivity contribution in [1.29, 1.82) is 0 Å². The zero-order valence-corrected chi connectivity index (χ0v) is 17.1. The van der Waals surface area contributed by atoms with Crippen molar-refractivity contribution in [2.24, 2.45) is 4.99 Å². The summed E-state index contributed by atoms with van der Waals surface area (Å²) in [6.45, 7) is 9.12. The maximum Gasteiger partial charge on any atom is 0.191 e. The second kappa shape index (κ2) is 13.3. The van der Waals surface area contributed by atoms with E-state index in [1.165, 1.54) is 71.0 Å². The Morgan fingerprint density at radius 3 is 2.38 bits per heavy atom. The third-order valence-corrected chi connectivity index (χ3v) is 5.66. The molecule has 0 amide bonds. The molecule has 0 aliphatic carbocycles. The number of piperidine rings is 2. The fraction of sp³-hybridized carbons (Fsp3) is 0.950. The molecule has 2 aliphatic rings. The van der Waals surface area contributed by atoms with Gasteiger partial charge in [-0.2, -0.15) is 0 Å². The number of hydrogen-bond acceptors (Lipinski definition) is 4. The van der Waals surface area contributed by atoms with Gasteiger partial charge in [0.2, 0.25) is 0 Å². The summed E-state index contributed by atoms with van der Waals surface area (Å²) in [6.07, 6.45) is 10.4. The molecule has 0 atom stereocenters. The van der Waals surface area contributed by atoms with Crippen LogP contribution in [0.5, 0.6) is 0 Å². The van der Waals surface area contributed by atoms with Gasteiger partial charge in [0, 0.05) is 46.4 Å². The minimum atomic E-state index is 0.541. The lowest BCUT2D eigenvalue weighted by atomic mass is 10.1. The first kappa shape index (κ1) is 21.5. The molecule has 0 radical (unpaired) electrons. The molecule has 2 aliphatic heterocycles. The van der Waals surface area contributed by atoms with Crippen molar-refractivity contribution < 1.29 is 4.74 Å². The van der Waals surface area contributed by atoms with Crippen molar-refractivity contribution in [3.05, 3.63) is 0 Å². The van der Waals surface area contributed by atoms with Crippen LogP contribution in [0.1, 0.15) is 51.4 Å². The quantitative estimate of drug-likeness (QED) is 0.351. The van der Waals surface area contributed by atoms with Gasteiger partial charge in [0.1, 0.15) is 0 Å². The van der Waals surface area contributed by atoms with Gasteiger partial charge in [0.25, 0.3) is 0 Å². The Morgan fingerprint density at radius 1 is 0.962 bits per heavy atom. The summed E-state index contributed by atoms with van der Waals surface area (Å²) >= 11 is 0. The lowest BCUT2D eigenvalue weighted by Crippen LogP contribution is -2.49. The van der Waals surface area contributed by atoms with Crippen LogP contribution in [0.4, 0.5) is 0 Å². The number of unbranched alkanes of at least 4 members (excludes halogenated alkanes) is 2. The van der Waals surface area contributed by atoms with Crippen LogP contribution in [0.15, 0.2) is 4.99 Å². The predicted octanol–water partition coefficient (Wildman–Crippen LogP) is 1.92. The van der Waals surface area contributed by atoms with E-state index in [4.69, 9.17) is 4.74 Å². The maximum absolute atomic E-state index is 5.17. The molecule has 0 saturated carbocycles. The molecule has 2 fully saturated rings. The normalized spacial score (nSPS) is 21.1. The summed E-state index contributed by atoms with van der Waals surface area (Å²) in [6, 6.07) is 0.541. The standard InChI is InChI=1S/C20H41N5O/c1-21-20(23-19-9-15-25(16-10-19)17-18-26-2)22-11-5-3-6-12-24-13-7-4-8-14-24/h19H,3-18H2,1-2H3,(H2,21,22,23). The van der Waals surface area contributed by atoms with Crippen LogP contribution in [0, 0.1) is 0 Å². The number of aliphatic imine (C=N–C) groups is 1. The van der Waals surface area contributed by atoms with Crippen LogP contribution in [-0.2, 0) is 4.74 Å². The number of nitrogens with zero attached hydrogens (tertiary/aromatic N) is 3. The Kier molecular flexibility index (Phi) is 11.0. The van der Waals surface area contributed by atoms with E-state index in [2.05, 4.69) is 25.4 Å². The number of hydrogen-bond donors (Lipinski definition) is 2. The van der Waals surface area contributed by atoms with Gasteiger partial charge < -0.3 is 25.2 Å². The van der Waals surface area contributed by atoms with Gasteiger partial charge >= 0.3 is 0 Å². The molecule has 0 bridgehead atoms. The van der Waals surface area contributed by atoms with E-state index in [-0.39, 0.29) is 0 Å². The number of ether oxygens (including phenoxy) is 1. The molecule has 0 spiro atoms. The summed E-state index contributed by atoms with van der Waals surface area (Å²) in [5.41, 5.74) is 0. The molecule has 2 N–H and O–H groups in total. The third-order valence-electron chi connectivity index (χ3n) is 5.66. The van der Waals surface area contributed by atoms with E-state index in [9.17, 15) is 0 Å². The van der Waals surface area contributed by atoms with Crippen molar-refractivity contribution >= 4 is 5.96 Å². The first-order valence-corrected chi connectivity index (χ1v) is 10.7. The summed E-state index contributed by atoms with van der Waals surface area (Å²) in [5, 5.41) is 7.09. The van der Waals surface area contributed by atoms with E-state index in [1.807, 2.05) is 7.05 Å². The molecule has 2 rings (SSSR count). The fourth-order valence-corrected chi connectivity index (χ4v) is 3.94. The average molecular weight is 368 g/mol. The van der Waals surface area contributed by atoms with E-state index < -0.39 is 0 Å². The minimum absolute atomic E-state index is 0.541. The second-order valence-corrected chi connectivity index (χ2v) is 7.72. The van der Waals surface area contributed by atoms with E-state index in [1.54, 1.807) is 7.11 Å². The Bertz CT molecular complexity index is 376. The van der Waals surface area contributed by atoms with Crippen LogP contribution < -0.4 is 10.6 Å². The highest BCUT2D eigenvalue weighted by molar-refractivity contribution is 5.79. The predicted molar refractivity (Wildman–Crippen MR) is 110 cm³/mol. The molecular weight excluding hydrogens is 326 g/mol. The maximum atomic E-state index is 5.17. The smallest absolute Gasteiger partial charge is 0.191 e. The Hall–Kier alpha value is -0.850. The molecule has 0 aromatic rings. The molecule has 152 valence electrons. The van der Waals surface area contributed by atoms with Crippen molar-refractivity contribution in [2.75, 3.05) is 66.6 Å². The summed E-state index contributed by atoms with van der Waals surface area (Å²) in [5.74, 6) is 0.969. The molecule has 2 saturated heterocycles. The summed E-state index contributed by atoms with van der Waals surface area (Å²) in [4.78, 5) is 9.52. The lowest BCUT2D eigenvalue weighted by Gasteiger charge is -2.32. The van der Waals surface area contributed by atoms with Crippen molar-refractivity contribution in [3.63, 3.8) is 0 Å². The first-order valence-electron chi connectivity index (χ1n) is 10.7.